The van der Waals surface area contributed by atoms with E-state index in [9.17, 15) is 10.1 Å². The molecule has 0 amide bonds. The Morgan fingerprint density at radius 3 is 2.81 bits per heavy atom. The van der Waals surface area contributed by atoms with Gasteiger partial charge >= 0.3 is 0 Å². The first kappa shape index (κ1) is 16.5. The number of nitro groups is 1. The second-order valence-electron chi connectivity index (χ2n) is 5.57. The molecule has 26 heavy (non-hydrogen) atoms. The molecule has 1 aromatic heterocycles. The highest BCUT2D eigenvalue weighted by molar-refractivity contribution is 6.35. The molecule has 0 spiro atoms. The number of aromatic nitrogens is 4. The minimum Gasteiger partial charge on any atom is -0.323 e. The summed E-state index contributed by atoms with van der Waals surface area (Å²) in [4.78, 5) is 10.7. The molecule has 4 rings (SSSR count). The molecule has 2 heterocycles. The highest BCUT2D eigenvalue weighted by Crippen LogP contribution is 2.35. The third-order valence-electron chi connectivity index (χ3n) is 3.97. The van der Waals surface area contributed by atoms with Gasteiger partial charge in [0.05, 0.1) is 9.95 Å². The van der Waals surface area contributed by atoms with E-state index in [1.165, 1.54) is 12.1 Å². The fourth-order valence-corrected chi connectivity index (χ4v) is 3.29. The lowest BCUT2D eigenvalue weighted by Gasteiger charge is -2.23. The van der Waals surface area contributed by atoms with Crippen LogP contribution >= 0.6 is 23.2 Å². The number of rotatable bonds is 3. The number of nitrogens with zero attached hydrogens (tertiary/aromatic N) is 5. The van der Waals surface area contributed by atoms with Gasteiger partial charge in [-0.05, 0) is 40.3 Å². The number of hydrogen-bond donors (Lipinski definition) is 1. The first-order valence-electron chi connectivity index (χ1n) is 7.49. The maximum absolute atomic E-state index is 11.1. The van der Waals surface area contributed by atoms with E-state index >= 15 is 0 Å². The molecule has 2 aromatic carbocycles. The van der Waals surface area contributed by atoms with Crippen LogP contribution in [0.15, 0.2) is 48.5 Å². The number of tetrazole rings is 1. The predicted molar refractivity (Wildman–Crippen MR) is 97.1 cm³/mol. The van der Waals surface area contributed by atoms with E-state index in [-0.39, 0.29) is 5.69 Å². The van der Waals surface area contributed by atoms with Crippen molar-refractivity contribution < 1.29 is 4.92 Å². The van der Waals surface area contributed by atoms with Crippen LogP contribution in [-0.4, -0.2) is 25.1 Å². The summed E-state index contributed by atoms with van der Waals surface area (Å²) in [7, 11) is 0. The molecular weight excluding hydrogens is 379 g/mol. The fourth-order valence-electron chi connectivity index (χ4n) is 2.78. The quantitative estimate of drug-likeness (QED) is 0.538. The van der Waals surface area contributed by atoms with Crippen LogP contribution < -0.4 is 5.32 Å². The van der Waals surface area contributed by atoms with Crippen molar-refractivity contribution in [3.8, 4) is 0 Å². The van der Waals surface area contributed by atoms with E-state index in [1.54, 1.807) is 35.0 Å². The van der Waals surface area contributed by atoms with Crippen molar-refractivity contribution in [1.29, 1.82) is 0 Å². The predicted octanol–water partition coefficient (Wildman–Crippen LogP) is 3.94. The largest absolute Gasteiger partial charge is 0.323 e. The van der Waals surface area contributed by atoms with Gasteiger partial charge in [-0.3, -0.25) is 10.1 Å². The van der Waals surface area contributed by atoms with Crippen molar-refractivity contribution in [2.24, 2.45) is 0 Å². The van der Waals surface area contributed by atoms with Gasteiger partial charge in [0, 0.05) is 28.4 Å². The highest BCUT2D eigenvalue weighted by atomic mass is 35.5. The van der Waals surface area contributed by atoms with E-state index in [1.807, 2.05) is 6.08 Å². The molecule has 0 saturated carbocycles. The Bertz CT molecular complexity index is 1050. The second-order valence-corrected chi connectivity index (χ2v) is 6.42. The molecule has 0 unspecified atom stereocenters. The molecule has 1 aliphatic rings. The van der Waals surface area contributed by atoms with Gasteiger partial charge in [-0.1, -0.05) is 40.4 Å². The van der Waals surface area contributed by atoms with Crippen LogP contribution in [-0.2, 0) is 0 Å². The van der Waals surface area contributed by atoms with Gasteiger partial charge < -0.3 is 5.32 Å². The van der Waals surface area contributed by atoms with Gasteiger partial charge in [0.1, 0.15) is 6.04 Å². The van der Waals surface area contributed by atoms with E-state index in [2.05, 4.69) is 20.8 Å². The molecule has 8 nitrogen and oxygen atoms in total. The van der Waals surface area contributed by atoms with Crippen molar-refractivity contribution in [1.82, 2.24) is 20.2 Å². The number of nitro benzene ring substituents is 1. The summed E-state index contributed by atoms with van der Waals surface area (Å²) in [6.07, 6.45) is 1.86. The number of hydrogen-bond acceptors (Lipinski definition) is 6. The highest BCUT2D eigenvalue weighted by Gasteiger charge is 2.26. The molecule has 1 aliphatic heterocycles. The van der Waals surface area contributed by atoms with Gasteiger partial charge in [0.25, 0.3) is 5.69 Å². The minimum absolute atomic E-state index is 0.00451. The van der Waals surface area contributed by atoms with Crippen molar-refractivity contribution in [3.63, 3.8) is 0 Å². The lowest BCUT2D eigenvalue weighted by atomic mass is 10.0. The number of halogens is 2. The molecule has 10 heteroatoms. The topological polar surface area (TPSA) is 98.8 Å². The van der Waals surface area contributed by atoms with Crippen LogP contribution in [0.1, 0.15) is 17.2 Å². The zero-order valence-electron chi connectivity index (χ0n) is 13.0. The van der Waals surface area contributed by atoms with Crippen LogP contribution in [0.3, 0.4) is 0 Å². The van der Waals surface area contributed by atoms with Gasteiger partial charge in [-0.2, -0.15) is 4.68 Å². The van der Waals surface area contributed by atoms with Crippen molar-refractivity contribution in [3.05, 3.63) is 79.8 Å². The number of nitrogens with one attached hydrogen (secondary N) is 1. The standard InChI is InChI=1S/C16H10Cl2N6O2/c17-10-4-5-12(13(18)7-10)14-8-15(23-16(19-14)20-21-22-23)9-2-1-3-11(6-9)24(25)26/h1-8,15H,(H,19,20,22)/t15-/m0/s1. The zero-order chi connectivity index (χ0) is 18.3. The van der Waals surface area contributed by atoms with E-state index in [4.69, 9.17) is 23.2 Å². The molecule has 3 aromatic rings. The summed E-state index contributed by atoms with van der Waals surface area (Å²) in [5, 5.41) is 26.8. The van der Waals surface area contributed by atoms with Crippen molar-refractivity contribution in [2.45, 2.75) is 6.04 Å². The molecule has 0 radical (unpaired) electrons. The second kappa shape index (κ2) is 6.40. The molecular formula is C16H10Cl2N6O2. The summed E-state index contributed by atoms with van der Waals surface area (Å²) in [6, 6.07) is 11.1. The Morgan fingerprint density at radius 1 is 1.19 bits per heavy atom. The van der Waals surface area contributed by atoms with E-state index < -0.39 is 11.0 Å². The van der Waals surface area contributed by atoms with Crippen LogP contribution in [0.4, 0.5) is 11.6 Å². The van der Waals surface area contributed by atoms with Crippen molar-refractivity contribution in [2.75, 3.05) is 5.32 Å². The van der Waals surface area contributed by atoms with Gasteiger partial charge in [-0.15, -0.1) is 0 Å². The Balaban J connectivity index is 1.84. The Morgan fingerprint density at radius 2 is 2.04 bits per heavy atom. The average molecular weight is 389 g/mol. The number of non-ortho nitro benzene ring substituents is 1. The molecule has 130 valence electrons. The summed E-state index contributed by atoms with van der Waals surface area (Å²) < 4.78 is 1.55. The average Bonchev–Trinajstić information content (AvgIpc) is 3.09. The number of fused-ring (bicyclic) bond motifs is 1. The number of allylic oxidation sites excluding steroid dienone is 1. The number of anilines is 1. The van der Waals surface area contributed by atoms with Gasteiger partial charge in [0.15, 0.2) is 0 Å². The minimum atomic E-state index is -0.439. The van der Waals surface area contributed by atoms with Crippen LogP contribution in [0.5, 0.6) is 0 Å². The molecule has 1 N–H and O–H groups in total. The lowest BCUT2D eigenvalue weighted by molar-refractivity contribution is -0.384. The summed E-state index contributed by atoms with van der Waals surface area (Å²) >= 11 is 12.3. The summed E-state index contributed by atoms with van der Waals surface area (Å²) in [6.45, 7) is 0. The van der Waals surface area contributed by atoms with Crippen molar-refractivity contribution >= 4 is 40.5 Å². The molecule has 0 saturated heterocycles. The summed E-state index contributed by atoms with van der Waals surface area (Å²) in [5.41, 5.74) is 2.08. The lowest BCUT2D eigenvalue weighted by Crippen LogP contribution is -2.20. The molecule has 0 bridgehead atoms. The van der Waals surface area contributed by atoms with Crippen LogP contribution in [0.25, 0.3) is 5.70 Å². The molecule has 1 atom stereocenters. The Hall–Kier alpha value is -2.97. The summed E-state index contributed by atoms with van der Waals surface area (Å²) in [5.74, 6) is 0.407. The van der Waals surface area contributed by atoms with Gasteiger partial charge in [0.2, 0.25) is 5.95 Å². The maximum Gasteiger partial charge on any atom is 0.269 e. The SMILES string of the molecule is O=[N+]([O-])c1cccc([C@@H]2C=C(c3ccc(Cl)cc3Cl)Nc3nnnn32)c1. The van der Waals surface area contributed by atoms with Crippen LogP contribution in [0.2, 0.25) is 10.0 Å². The first-order chi connectivity index (χ1) is 12.5. The third-order valence-corrected chi connectivity index (χ3v) is 4.52. The fraction of sp³-hybridized carbons (Fsp3) is 0.0625. The normalized spacial score (nSPS) is 15.8. The number of benzene rings is 2. The van der Waals surface area contributed by atoms with Gasteiger partial charge in [-0.25, -0.2) is 0 Å². The molecule has 0 aliphatic carbocycles. The Labute approximate surface area is 157 Å². The zero-order valence-corrected chi connectivity index (χ0v) is 14.5. The van der Waals surface area contributed by atoms with Crippen LogP contribution in [0, 0.1) is 10.1 Å². The smallest absolute Gasteiger partial charge is 0.269 e. The van der Waals surface area contributed by atoms with E-state index in [0.717, 1.165) is 5.56 Å². The molecule has 0 fully saturated rings. The third kappa shape index (κ3) is 2.89. The Kier molecular flexibility index (Phi) is 4.06. The van der Waals surface area contributed by atoms with E-state index in [0.29, 0.717) is 27.3 Å². The maximum atomic E-state index is 11.1. The first-order valence-corrected chi connectivity index (χ1v) is 8.25. The monoisotopic (exact) mass is 388 g/mol.